The quantitative estimate of drug-likeness (QED) is 0.296. The second-order valence-corrected chi connectivity index (χ2v) is 4.54. The third kappa shape index (κ3) is 7.48. The molecule has 2 amide bonds. The van der Waals surface area contributed by atoms with Crippen LogP contribution in [0.25, 0.3) is 0 Å². The Morgan fingerprint density at radius 1 is 0.941 bits per heavy atom. The zero-order chi connectivity index (χ0) is 13.3. The minimum Gasteiger partial charge on any atom is -0.395 e. The van der Waals surface area contributed by atoms with E-state index in [0.717, 1.165) is 0 Å². The fourth-order valence-electron chi connectivity index (χ4n) is 1.02. The van der Waals surface area contributed by atoms with E-state index in [9.17, 15) is 9.59 Å². The molecule has 4 N–H and O–H groups in total. The number of aliphatic hydroxyl groups is 2. The molecule has 100 valence electrons. The summed E-state index contributed by atoms with van der Waals surface area (Å²) in [7, 11) is 0. The van der Waals surface area contributed by atoms with Crippen LogP contribution in [0, 0.1) is 0 Å². The Bertz CT molecular complexity index is 229. The molecule has 0 saturated carbocycles. The van der Waals surface area contributed by atoms with Crippen molar-refractivity contribution in [3.8, 4) is 0 Å². The molecule has 6 nitrogen and oxygen atoms in total. The van der Waals surface area contributed by atoms with Crippen molar-refractivity contribution in [1.82, 2.24) is 10.6 Å². The largest absolute Gasteiger partial charge is 0.395 e. The molecule has 0 aromatic rings. The Kier molecular flexibility index (Phi) is 9.33. The second kappa shape index (κ2) is 9.58. The maximum absolute atomic E-state index is 11.4. The summed E-state index contributed by atoms with van der Waals surface area (Å²) in [5.41, 5.74) is 0. The van der Waals surface area contributed by atoms with Gasteiger partial charge in [0.25, 0.3) is 0 Å². The molecule has 0 bridgehead atoms. The van der Waals surface area contributed by atoms with Crippen molar-refractivity contribution in [1.29, 1.82) is 0 Å². The highest BCUT2D eigenvalue weighted by Gasteiger charge is 2.21. The molecule has 2 unspecified atom stereocenters. The smallest absolute Gasteiger partial charge is 0.232 e. The molecule has 2 atom stereocenters. The number of hydrogen-bond acceptors (Lipinski definition) is 6. The van der Waals surface area contributed by atoms with Crippen molar-refractivity contribution < 1.29 is 19.8 Å². The third-order valence-electron chi connectivity index (χ3n) is 1.87. The van der Waals surface area contributed by atoms with Gasteiger partial charge < -0.3 is 20.8 Å². The standard InChI is InChI=1S/C9H18N2O4S2/c12-3-1-10-8(14)6(16)5-7(17)9(15)11-2-4-13/h6-7,12-13,16-17H,1-5H2,(H,10,14)(H,11,15). The molecule has 0 saturated heterocycles. The molecular weight excluding hydrogens is 264 g/mol. The summed E-state index contributed by atoms with van der Waals surface area (Å²) >= 11 is 8.10. The van der Waals surface area contributed by atoms with Crippen molar-refractivity contribution in [2.75, 3.05) is 26.3 Å². The van der Waals surface area contributed by atoms with Gasteiger partial charge >= 0.3 is 0 Å². The Morgan fingerprint density at radius 3 is 1.59 bits per heavy atom. The van der Waals surface area contributed by atoms with Crippen LogP contribution in [-0.4, -0.2) is 58.8 Å². The summed E-state index contributed by atoms with van der Waals surface area (Å²) in [5, 5.41) is 20.6. The van der Waals surface area contributed by atoms with Gasteiger partial charge in [-0.1, -0.05) is 0 Å². The summed E-state index contributed by atoms with van der Waals surface area (Å²) in [4.78, 5) is 22.7. The lowest BCUT2D eigenvalue weighted by Gasteiger charge is -2.15. The van der Waals surface area contributed by atoms with E-state index in [1.165, 1.54) is 0 Å². The molecule has 0 aromatic heterocycles. The normalized spacial score (nSPS) is 13.9. The summed E-state index contributed by atoms with van der Waals surface area (Å²) in [5.74, 6) is -0.701. The van der Waals surface area contributed by atoms with Crippen LogP contribution < -0.4 is 10.6 Å². The molecule has 0 fully saturated rings. The van der Waals surface area contributed by atoms with Gasteiger partial charge in [0.05, 0.1) is 23.7 Å². The predicted octanol–water partition coefficient (Wildman–Crippen LogP) is -1.81. The maximum atomic E-state index is 11.4. The minimum absolute atomic E-state index is 0.145. The van der Waals surface area contributed by atoms with Crippen molar-refractivity contribution >= 4 is 37.1 Å². The van der Waals surface area contributed by atoms with Gasteiger partial charge in [0.15, 0.2) is 0 Å². The van der Waals surface area contributed by atoms with E-state index < -0.39 is 10.5 Å². The zero-order valence-corrected chi connectivity index (χ0v) is 11.1. The van der Waals surface area contributed by atoms with E-state index in [-0.39, 0.29) is 44.5 Å². The van der Waals surface area contributed by atoms with Gasteiger partial charge in [-0.3, -0.25) is 9.59 Å². The summed E-state index contributed by atoms with van der Waals surface area (Å²) in [6.07, 6.45) is 0.167. The first-order valence-corrected chi connectivity index (χ1v) is 6.19. The second-order valence-electron chi connectivity index (χ2n) is 3.30. The van der Waals surface area contributed by atoms with Crippen LogP contribution in [0.5, 0.6) is 0 Å². The van der Waals surface area contributed by atoms with E-state index >= 15 is 0 Å². The highest BCUT2D eigenvalue weighted by Crippen LogP contribution is 2.10. The number of aliphatic hydroxyl groups excluding tert-OH is 2. The van der Waals surface area contributed by atoms with Crippen molar-refractivity contribution in [2.45, 2.75) is 16.9 Å². The number of nitrogens with one attached hydrogen (secondary N) is 2. The Hall–Kier alpha value is -0.440. The van der Waals surface area contributed by atoms with E-state index in [4.69, 9.17) is 10.2 Å². The molecular formula is C9H18N2O4S2. The van der Waals surface area contributed by atoms with E-state index in [0.29, 0.717) is 0 Å². The lowest BCUT2D eigenvalue weighted by Crippen LogP contribution is -2.39. The lowest BCUT2D eigenvalue weighted by molar-refractivity contribution is -0.121. The van der Waals surface area contributed by atoms with Crippen molar-refractivity contribution in [2.24, 2.45) is 0 Å². The average molecular weight is 282 g/mol. The summed E-state index contributed by atoms with van der Waals surface area (Å²) in [6.45, 7) is 0.0226. The average Bonchev–Trinajstić information content (AvgIpc) is 2.32. The molecule has 0 rings (SSSR count). The number of rotatable bonds is 8. The summed E-state index contributed by atoms with van der Waals surface area (Å²) in [6, 6.07) is 0. The first-order chi connectivity index (χ1) is 8.02. The van der Waals surface area contributed by atoms with Gasteiger partial charge in [0.2, 0.25) is 11.8 Å². The van der Waals surface area contributed by atoms with Crippen LogP contribution in [0.1, 0.15) is 6.42 Å². The number of carbonyl (C=O) groups excluding carboxylic acids is 2. The number of hydrogen-bond donors (Lipinski definition) is 6. The van der Waals surface area contributed by atoms with Crippen LogP contribution in [0.3, 0.4) is 0 Å². The fraction of sp³-hybridized carbons (Fsp3) is 0.778. The SMILES string of the molecule is O=C(NCCO)C(S)CC(S)C(=O)NCCO. The highest BCUT2D eigenvalue weighted by molar-refractivity contribution is 7.82. The van der Waals surface area contributed by atoms with Gasteiger partial charge in [-0.2, -0.15) is 25.3 Å². The van der Waals surface area contributed by atoms with Crippen molar-refractivity contribution in [3.63, 3.8) is 0 Å². The molecule has 17 heavy (non-hydrogen) atoms. The first kappa shape index (κ1) is 16.6. The first-order valence-electron chi connectivity index (χ1n) is 5.16. The van der Waals surface area contributed by atoms with Crippen LogP contribution in [-0.2, 0) is 9.59 Å². The van der Waals surface area contributed by atoms with Gasteiger partial charge in [-0.15, -0.1) is 0 Å². The molecule has 0 aliphatic carbocycles. The molecule has 0 radical (unpaired) electrons. The van der Waals surface area contributed by atoms with Gasteiger partial charge in [-0.25, -0.2) is 0 Å². The number of carbonyl (C=O) groups is 2. The van der Waals surface area contributed by atoms with Gasteiger partial charge in [-0.05, 0) is 6.42 Å². The molecule has 0 aromatic carbocycles. The van der Waals surface area contributed by atoms with Crippen LogP contribution in [0.15, 0.2) is 0 Å². The Labute approximate surface area is 111 Å². The monoisotopic (exact) mass is 282 g/mol. The highest BCUT2D eigenvalue weighted by atomic mass is 32.1. The molecule has 8 heteroatoms. The fourth-order valence-corrected chi connectivity index (χ4v) is 1.79. The third-order valence-corrected chi connectivity index (χ3v) is 2.76. The van der Waals surface area contributed by atoms with E-state index in [1.807, 2.05) is 0 Å². The topological polar surface area (TPSA) is 98.7 Å². The molecule has 0 aliphatic heterocycles. The number of amides is 2. The van der Waals surface area contributed by atoms with Crippen LogP contribution >= 0.6 is 25.3 Å². The van der Waals surface area contributed by atoms with E-state index in [1.54, 1.807) is 0 Å². The molecule has 0 aliphatic rings. The Balaban J connectivity index is 3.96. The Morgan fingerprint density at radius 2 is 1.29 bits per heavy atom. The van der Waals surface area contributed by atoms with Crippen LogP contribution in [0.2, 0.25) is 0 Å². The maximum Gasteiger partial charge on any atom is 0.232 e. The van der Waals surface area contributed by atoms with Crippen molar-refractivity contribution in [3.05, 3.63) is 0 Å². The zero-order valence-electron chi connectivity index (χ0n) is 9.30. The van der Waals surface area contributed by atoms with Gasteiger partial charge in [0, 0.05) is 13.1 Å². The molecule has 0 spiro atoms. The predicted molar refractivity (Wildman–Crippen MR) is 70.4 cm³/mol. The van der Waals surface area contributed by atoms with Gasteiger partial charge in [0.1, 0.15) is 0 Å². The van der Waals surface area contributed by atoms with Crippen LogP contribution in [0.4, 0.5) is 0 Å². The minimum atomic E-state index is -0.663. The molecule has 0 heterocycles. The lowest BCUT2D eigenvalue weighted by atomic mass is 10.2. The summed E-state index contributed by atoms with van der Waals surface area (Å²) < 4.78 is 0. The van der Waals surface area contributed by atoms with E-state index in [2.05, 4.69) is 35.9 Å². The number of thiol groups is 2.